The molecule has 100 valence electrons. The third kappa shape index (κ3) is 5.66. The number of methoxy groups -OCH3 is 2. The van der Waals surface area contributed by atoms with Crippen LogP contribution in [-0.2, 0) is 9.47 Å². The summed E-state index contributed by atoms with van der Waals surface area (Å²) >= 11 is 0. The first-order chi connectivity index (χ1) is 8.27. The topological polar surface area (TPSA) is 38.7 Å². The van der Waals surface area contributed by atoms with Gasteiger partial charge in [0.25, 0.3) is 0 Å². The molecule has 1 N–H and O–H groups in total. The van der Waals surface area contributed by atoms with Gasteiger partial charge in [-0.2, -0.15) is 0 Å². The summed E-state index contributed by atoms with van der Waals surface area (Å²) in [5, 5.41) is 9.93. The monoisotopic (exact) mass is 242 g/mol. The number of rotatable bonds is 6. The molecule has 0 aromatic rings. The molecule has 1 aliphatic rings. The summed E-state index contributed by atoms with van der Waals surface area (Å²) in [5.74, 6) is 0. The van der Waals surface area contributed by atoms with Gasteiger partial charge in [0.2, 0.25) is 0 Å². The molecular formula is C14H26O3. The van der Waals surface area contributed by atoms with E-state index in [1.54, 1.807) is 14.2 Å². The average Bonchev–Trinajstić information content (AvgIpc) is 2.55. The molecule has 1 atom stereocenters. The van der Waals surface area contributed by atoms with Crippen molar-refractivity contribution in [2.24, 2.45) is 0 Å². The fourth-order valence-corrected chi connectivity index (χ4v) is 2.34. The molecule has 1 saturated carbocycles. The molecule has 0 spiro atoms. The maximum atomic E-state index is 9.93. The summed E-state index contributed by atoms with van der Waals surface area (Å²) in [6.45, 7) is 0. The number of hydrogen-bond donors (Lipinski definition) is 1. The Labute approximate surface area is 105 Å². The molecule has 0 bridgehead atoms. The molecule has 1 aliphatic carbocycles. The van der Waals surface area contributed by atoms with E-state index in [0.717, 1.165) is 38.5 Å². The van der Waals surface area contributed by atoms with Crippen molar-refractivity contribution < 1.29 is 14.6 Å². The fourth-order valence-electron chi connectivity index (χ4n) is 2.34. The van der Waals surface area contributed by atoms with Gasteiger partial charge < -0.3 is 14.6 Å². The molecule has 0 radical (unpaired) electrons. The average molecular weight is 242 g/mol. The molecule has 0 aliphatic heterocycles. The van der Waals surface area contributed by atoms with Gasteiger partial charge in [-0.25, -0.2) is 0 Å². The lowest BCUT2D eigenvalue weighted by Gasteiger charge is -2.13. The molecule has 17 heavy (non-hydrogen) atoms. The van der Waals surface area contributed by atoms with Gasteiger partial charge in [-0.05, 0) is 44.1 Å². The summed E-state index contributed by atoms with van der Waals surface area (Å²) in [6.07, 6.45) is 10.5. The van der Waals surface area contributed by atoms with E-state index >= 15 is 0 Å². The molecule has 0 saturated heterocycles. The van der Waals surface area contributed by atoms with Crippen LogP contribution in [0.4, 0.5) is 0 Å². The first-order valence-corrected chi connectivity index (χ1v) is 6.70. The third-order valence-corrected chi connectivity index (χ3v) is 3.45. The minimum absolute atomic E-state index is 0.0903. The van der Waals surface area contributed by atoms with E-state index in [1.165, 1.54) is 18.4 Å². The molecule has 1 fully saturated rings. The lowest BCUT2D eigenvalue weighted by Crippen LogP contribution is -2.12. The van der Waals surface area contributed by atoms with Gasteiger partial charge in [0, 0.05) is 14.2 Å². The molecule has 0 aromatic heterocycles. The van der Waals surface area contributed by atoms with Gasteiger partial charge in [0.05, 0.1) is 6.10 Å². The van der Waals surface area contributed by atoms with E-state index in [2.05, 4.69) is 6.08 Å². The summed E-state index contributed by atoms with van der Waals surface area (Å²) in [7, 11) is 3.34. The first kappa shape index (κ1) is 14.7. The zero-order valence-corrected chi connectivity index (χ0v) is 11.2. The molecule has 0 amide bonds. The Morgan fingerprint density at radius 1 is 1.29 bits per heavy atom. The van der Waals surface area contributed by atoms with Gasteiger partial charge in [-0.15, -0.1) is 0 Å². The van der Waals surface area contributed by atoms with Crippen LogP contribution in [0.25, 0.3) is 0 Å². The summed E-state index contributed by atoms with van der Waals surface area (Å²) < 4.78 is 10.3. The fraction of sp³-hybridized carbons (Fsp3) is 0.857. The molecule has 3 nitrogen and oxygen atoms in total. The predicted molar refractivity (Wildman–Crippen MR) is 68.8 cm³/mol. The molecule has 0 aromatic carbocycles. The van der Waals surface area contributed by atoms with Crippen LogP contribution in [0.3, 0.4) is 0 Å². The minimum atomic E-state index is -0.196. The van der Waals surface area contributed by atoms with Gasteiger partial charge in [0.15, 0.2) is 6.29 Å². The van der Waals surface area contributed by atoms with E-state index in [-0.39, 0.29) is 12.4 Å². The van der Waals surface area contributed by atoms with Gasteiger partial charge in [-0.1, -0.05) is 18.9 Å². The second-order valence-electron chi connectivity index (χ2n) is 4.73. The summed E-state index contributed by atoms with van der Waals surface area (Å²) in [4.78, 5) is 0. The minimum Gasteiger partial charge on any atom is -0.389 e. The van der Waals surface area contributed by atoms with Crippen LogP contribution in [0, 0.1) is 0 Å². The van der Waals surface area contributed by atoms with Crippen LogP contribution in [0.5, 0.6) is 0 Å². The molecule has 3 heteroatoms. The third-order valence-electron chi connectivity index (χ3n) is 3.45. The van der Waals surface area contributed by atoms with E-state index < -0.39 is 0 Å². The highest BCUT2D eigenvalue weighted by atomic mass is 16.7. The van der Waals surface area contributed by atoms with Crippen molar-refractivity contribution in [1.82, 2.24) is 0 Å². The van der Waals surface area contributed by atoms with Crippen LogP contribution < -0.4 is 0 Å². The Morgan fingerprint density at radius 2 is 2.06 bits per heavy atom. The van der Waals surface area contributed by atoms with E-state index in [1.807, 2.05) is 0 Å². The Kier molecular flexibility index (Phi) is 7.49. The van der Waals surface area contributed by atoms with E-state index in [4.69, 9.17) is 9.47 Å². The van der Waals surface area contributed by atoms with Crippen molar-refractivity contribution >= 4 is 0 Å². The highest BCUT2D eigenvalue weighted by Gasteiger charge is 2.13. The van der Waals surface area contributed by atoms with Crippen molar-refractivity contribution in [3.8, 4) is 0 Å². The number of aliphatic hydroxyl groups excluding tert-OH is 1. The normalized spacial score (nSPS) is 24.2. The number of aliphatic hydroxyl groups is 1. The summed E-state index contributed by atoms with van der Waals surface area (Å²) in [5.41, 5.74) is 1.24. The maximum absolute atomic E-state index is 9.93. The zero-order valence-electron chi connectivity index (χ0n) is 11.2. The largest absolute Gasteiger partial charge is 0.389 e. The number of unbranched alkanes of at least 4 members (excludes halogenated alkanes) is 1. The second-order valence-corrected chi connectivity index (χ2v) is 4.73. The van der Waals surface area contributed by atoms with Crippen LogP contribution in [0.15, 0.2) is 11.6 Å². The smallest absolute Gasteiger partial charge is 0.156 e. The first-order valence-electron chi connectivity index (χ1n) is 6.70. The zero-order chi connectivity index (χ0) is 12.5. The highest BCUT2D eigenvalue weighted by Crippen LogP contribution is 2.23. The van der Waals surface area contributed by atoms with Gasteiger partial charge >= 0.3 is 0 Å². The summed E-state index contributed by atoms with van der Waals surface area (Å²) in [6, 6.07) is 0. The predicted octanol–water partition coefficient (Wildman–Crippen LogP) is 3.03. The highest BCUT2D eigenvalue weighted by molar-refractivity contribution is 5.09. The number of ether oxygens (including phenoxy) is 2. The molecular weight excluding hydrogens is 216 g/mol. The Bertz CT molecular complexity index is 222. The van der Waals surface area contributed by atoms with Crippen molar-refractivity contribution in [3.63, 3.8) is 0 Å². The SMILES string of the molecule is COC(CCC/C=C1/CCCCCC1O)OC. The van der Waals surface area contributed by atoms with E-state index in [9.17, 15) is 5.11 Å². The van der Waals surface area contributed by atoms with Crippen molar-refractivity contribution in [2.45, 2.75) is 63.8 Å². The molecule has 1 rings (SSSR count). The maximum Gasteiger partial charge on any atom is 0.156 e. The van der Waals surface area contributed by atoms with Crippen LogP contribution in [-0.4, -0.2) is 31.7 Å². The quantitative estimate of drug-likeness (QED) is 0.337. The molecule has 0 heterocycles. The van der Waals surface area contributed by atoms with E-state index in [0.29, 0.717) is 0 Å². The Hall–Kier alpha value is -0.380. The van der Waals surface area contributed by atoms with Crippen molar-refractivity contribution in [2.75, 3.05) is 14.2 Å². The Balaban J connectivity index is 2.26. The van der Waals surface area contributed by atoms with Crippen LogP contribution >= 0.6 is 0 Å². The second kappa shape index (κ2) is 8.67. The molecule has 1 unspecified atom stereocenters. The lowest BCUT2D eigenvalue weighted by atomic mass is 10.0. The van der Waals surface area contributed by atoms with Gasteiger partial charge in [-0.3, -0.25) is 0 Å². The lowest BCUT2D eigenvalue weighted by molar-refractivity contribution is -0.106. The number of allylic oxidation sites excluding steroid dienone is 1. The Morgan fingerprint density at radius 3 is 2.76 bits per heavy atom. The van der Waals surface area contributed by atoms with Crippen molar-refractivity contribution in [1.29, 1.82) is 0 Å². The van der Waals surface area contributed by atoms with Gasteiger partial charge in [0.1, 0.15) is 0 Å². The standard InChI is InChI=1S/C14H26O3/c1-16-14(17-2)11-7-6-9-12-8-4-3-5-10-13(12)15/h9,13-15H,3-8,10-11H2,1-2H3/b12-9-. The van der Waals surface area contributed by atoms with Crippen LogP contribution in [0.2, 0.25) is 0 Å². The van der Waals surface area contributed by atoms with Crippen LogP contribution in [0.1, 0.15) is 51.4 Å². The number of hydrogen-bond acceptors (Lipinski definition) is 3. The van der Waals surface area contributed by atoms with Crippen molar-refractivity contribution in [3.05, 3.63) is 11.6 Å².